The Hall–Kier alpha value is -2.87. The molecule has 0 N–H and O–H groups in total. The summed E-state index contributed by atoms with van der Waals surface area (Å²) in [5.74, 6) is -0.700. The molecule has 0 atom stereocenters. The van der Waals surface area contributed by atoms with Crippen LogP contribution in [-0.4, -0.2) is 26.5 Å². The Morgan fingerprint density at radius 1 is 1.15 bits per heavy atom. The lowest BCUT2D eigenvalue weighted by atomic mass is 10.2. The maximum Gasteiger partial charge on any atom is 0.196 e. The summed E-state index contributed by atoms with van der Waals surface area (Å²) in [6.45, 7) is 2.11. The van der Waals surface area contributed by atoms with Crippen molar-refractivity contribution in [3.05, 3.63) is 65.7 Å². The first-order chi connectivity index (χ1) is 12.5. The third-order valence-electron chi connectivity index (χ3n) is 3.49. The highest BCUT2D eigenvalue weighted by Crippen LogP contribution is 2.23. The molecule has 0 aliphatic rings. The number of carboxylic acids is 1. The molecule has 0 spiro atoms. The second-order valence-electron chi connectivity index (χ2n) is 5.47. The minimum absolute atomic E-state index is 0.124. The van der Waals surface area contributed by atoms with Crippen molar-refractivity contribution in [1.29, 1.82) is 0 Å². The highest BCUT2D eigenvalue weighted by molar-refractivity contribution is 7.99. The molecule has 0 saturated carbocycles. The largest absolute Gasteiger partial charge is 0.549 e. The van der Waals surface area contributed by atoms with Crippen molar-refractivity contribution in [2.45, 2.75) is 18.7 Å². The molecule has 0 aliphatic heterocycles. The van der Waals surface area contributed by atoms with Crippen LogP contribution < -0.4 is 9.84 Å². The first-order valence-corrected chi connectivity index (χ1v) is 8.74. The fraction of sp³-hybridized carbons (Fsp3) is 0.167. The average Bonchev–Trinajstić information content (AvgIpc) is 3.03. The van der Waals surface area contributed by atoms with Crippen LogP contribution in [0, 0.1) is 12.7 Å². The molecule has 3 rings (SSSR count). The van der Waals surface area contributed by atoms with Crippen LogP contribution in [-0.2, 0) is 11.4 Å². The summed E-state index contributed by atoms with van der Waals surface area (Å²) in [7, 11) is 0. The maximum absolute atomic E-state index is 13.2. The molecular formula is C18H15FN3O3S-. The summed E-state index contributed by atoms with van der Waals surface area (Å²) < 4.78 is 20.6. The van der Waals surface area contributed by atoms with Crippen LogP contribution in [0.2, 0.25) is 0 Å². The van der Waals surface area contributed by atoms with Gasteiger partial charge in [-0.25, -0.2) is 4.39 Å². The zero-order valence-corrected chi connectivity index (χ0v) is 14.7. The number of carbonyl (C=O) groups is 1. The minimum Gasteiger partial charge on any atom is -0.549 e. The van der Waals surface area contributed by atoms with Crippen molar-refractivity contribution in [3.8, 4) is 11.4 Å². The van der Waals surface area contributed by atoms with E-state index in [4.69, 9.17) is 4.74 Å². The second kappa shape index (κ2) is 8.01. The lowest BCUT2D eigenvalue weighted by Crippen LogP contribution is -2.24. The van der Waals surface area contributed by atoms with Gasteiger partial charge in [0.05, 0.1) is 5.97 Å². The molecule has 3 aromatic rings. The van der Waals surface area contributed by atoms with Crippen molar-refractivity contribution in [2.75, 3.05) is 5.75 Å². The highest BCUT2D eigenvalue weighted by atomic mass is 32.2. The molecule has 0 bridgehead atoms. The van der Waals surface area contributed by atoms with E-state index in [0.717, 1.165) is 17.3 Å². The van der Waals surface area contributed by atoms with Crippen LogP contribution in [0.5, 0.6) is 5.75 Å². The Balaban J connectivity index is 1.87. The molecule has 2 aromatic carbocycles. The van der Waals surface area contributed by atoms with Gasteiger partial charge >= 0.3 is 0 Å². The van der Waals surface area contributed by atoms with Gasteiger partial charge in [0.1, 0.15) is 18.2 Å². The van der Waals surface area contributed by atoms with Gasteiger partial charge in [0.25, 0.3) is 0 Å². The molecule has 1 heterocycles. The highest BCUT2D eigenvalue weighted by Gasteiger charge is 2.15. The molecule has 0 saturated heterocycles. The Morgan fingerprint density at radius 3 is 2.50 bits per heavy atom. The van der Waals surface area contributed by atoms with Crippen molar-refractivity contribution in [2.24, 2.45) is 0 Å². The summed E-state index contributed by atoms with van der Waals surface area (Å²) in [6.07, 6.45) is 0. The number of ether oxygens (including phenoxy) is 1. The number of hydrogen-bond acceptors (Lipinski definition) is 6. The fourth-order valence-corrected chi connectivity index (χ4v) is 2.93. The van der Waals surface area contributed by atoms with Crippen molar-refractivity contribution >= 4 is 17.7 Å². The summed E-state index contributed by atoms with van der Waals surface area (Å²) >= 11 is 0.977. The first kappa shape index (κ1) is 17.9. The number of thioether (sulfide) groups is 1. The maximum atomic E-state index is 13.2. The van der Waals surface area contributed by atoms with Crippen molar-refractivity contribution in [1.82, 2.24) is 14.8 Å². The molecule has 0 radical (unpaired) electrons. The number of aromatic nitrogens is 3. The summed E-state index contributed by atoms with van der Waals surface area (Å²) in [6, 6.07) is 13.3. The molecular weight excluding hydrogens is 357 g/mol. The van der Waals surface area contributed by atoms with Gasteiger partial charge in [0.15, 0.2) is 11.0 Å². The normalized spacial score (nSPS) is 10.7. The number of hydrogen-bond donors (Lipinski definition) is 0. The third-order valence-corrected chi connectivity index (χ3v) is 4.40. The smallest absolute Gasteiger partial charge is 0.196 e. The van der Waals surface area contributed by atoms with E-state index in [0.29, 0.717) is 22.4 Å². The average molecular weight is 372 g/mol. The predicted molar refractivity (Wildman–Crippen MR) is 92.6 cm³/mol. The van der Waals surface area contributed by atoms with Crippen molar-refractivity contribution < 1.29 is 19.0 Å². The van der Waals surface area contributed by atoms with E-state index in [2.05, 4.69) is 10.2 Å². The zero-order valence-electron chi connectivity index (χ0n) is 13.9. The molecule has 0 fully saturated rings. The van der Waals surface area contributed by atoms with Gasteiger partial charge < -0.3 is 14.6 Å². The van der Waals surface area contributed by atoms with Crippen LogP contribution in [0.15, 0.2) is 53.7 Å². The lowest BCUT2D eigenvalue weighted by Gasteiger charge is -2.11. The van der Waals surface area contributed by atoms with E-state index >= 15 is 0 Å². The quantitative estimate of drug-likeness (QED) is 0.591. The molecule has 0 amide bonds. The number of nitrogens with zero attached hydrogens (tertiary/aromatic N) is 3. The summed E-state index contributed by atoms with van der Waals surface area (Å²) in [4.78, 5) is 10.7. The lowest BCUT2D eigenvalue weighted by molar-refractivity contribution is -0.301. The number of carbonyl (C=O) groups excluding carboxylic acids is 1. The third kappa shape index (κ3) is 4.40. The van der Waals surface area contributed by atoms with Crippen molar-refractivity contribution in [3.63, 3.8) is 0 Å². The van der Waals surface area contributed by atoms with Crippen LogP contribution in [0.3, 0.4) is 0 Å². The first-order valence-electron chi connectivity index (χ1n) is 7.75. The molecule has 134 valence electrons. The molecule has 8 heteroatoms. The number of rotatable bonds is 7. The van der Waals surface area contributed by atoms with Gasteiger partial charge in [0, 0.05) is 11.4 Å². The van der Waals surface area contributed by atoms with E-state index in [1.165, 1.54) is 12.1 Å². The zero-order chi connectivity index (χ0) is 18.5. The van der Waals surface area contributed by atoms with Crippen LogP contribution >= 0.6 is 11.8 Å². The monoisotopic (exact) mass is 372 g/mol. The number of benzene rings is 2. The van der Waals surface area contributed by atoms with Gasteiger partial charge in [-0.3, -0.25) is 4.57 Å². The molecule has 0 unspecified atom stereocenters. The van der Waals surface area contributed by atoms with Gasteiger partial charge in [-0.1, -0.05) is 29.5 Å². The number of carboxylic acid groups (broad SMARTS) is 1. The number of halogens is 1. The predicted octanol–water partition coefficient (Wildman–Crippen LogP) is 2.14. The van der Waals surface area contributed by atoms with Crippen LogP contribution in [0.4, 0.5) is 4.39 Å². The van der Waals surface area contributed by atoms with E-state index in [1.807, 2.05) is 31.2 Å². The van der Waals surface area contributed by atoms with Crippen LogP contribution in [0.1, 0.15) is 11.4 Å². The van der Waals surface area contributed by atoms with E-state index in [1.54, 1.807) is 16.7 Å². The number of aliphatic carboxylic acids is 1. The van der Waals surface area contributed by atoms with Gasteiger partial charge in [-0.15, -0.1) is 10.2 Å². The van der Waals surface area contributed by atoms with Gasteiger partial charge in [-0.2, -0.15) is 0 Å². The molecule has 1 aromatic heterocycles. The Labute approximate surface area is 153 Å². The summed E-state index contributed by atoms with van der Waals surface area (Å²) in [5, 5.41) is 19.2. The standard InChI is InChI=1S/C18H16FN3O3S/c1-12-2-8-15(9-3-12)25-10-16-20-21-18(26-11-17(23)24)22(16)14-6-4-13(19)5-7-14/h2-9H,10-11H2,1H3,(H,23,24)/p-1. The van der Waals surface area contributed by atoms with Gasteiger partial charge in [-0.05, 0) is 43.3 Å². The molecule has 26 heavy (non-hydrogen) atoms. The molecule has 0 aliphatic carbocycles. The van der Waals surface area contributed by atoms with Gasteiger partial charge in [0.2, 0.25) is 0 Å². The molecule has 6 nitrogen and oxygen atoms in total. The minimum atomic E-state index is -1.21. The topological polar surface area (TPSA) is 80.1 Å². The van der Waals surface area contributed by atoms with E-state index in [-0.39, 0.29) is 18.2 Å². The fourth-order valence-electron chi connectivity index (χ4n) is 2.24. The Morgan fingerprint density at radius 2 is 1.85 bits per heavy atom. The second-order valence-corrected chi connectivity index (χ2v) is 6.42. The van der Waals surface area contributed by atoms with Crippen LogP contribution in [0.25, 0.3) is 5.69 Å². The summed E-state index contributed by atoms with van der Waals surface area (Å²) in [5.41, 5.74) is 1.73. The SMILES string of the molecule is Cc1ccc(OCc2nnc(SCC(=O)[O-])n2-c2ccc(F)cc2)cc1. The van der Waals surface area contributed by atoms with E-state index < -0.39 is 5.97 Å². The Bertz CT molecular complexity index is 895. The Kier molecular flexibility index (Phi) is 5.52. The van der Waals surface area contributed by atoms with E-state index in [9.17, 15) is 14.3 Å². The number of aryl methyl sites for hydroxylation is 1.